The lowest BCUT2D eigenvalue weighted by atomic mass is 10.2. The van der Waals surface area contributed by atoms with Gasteiger partial charge in [0.25, 0.3) is 0 Å². The smallest absolute Gasteiger partial charge is 0.223 e. The zero-order chi connectivity index (χ0) is 13.8. The molecule has 5 nitrogen and oxygen atoms in total. The van der Waals surface area contributed by atoms with Crippen molar-refractivity contribution in [3.63, 3.8) is 0 Å². The SMILES string of the molecule is Cc1nc(CCNc2ccc(C#N)c(Br)c2F)no1. The molecule has 0 bridgehead atoms. The lowest BCUT2D eigenvalue weighted by molar-refractivity contribution is 0.387. The van der Waals surface area contributed by atoms with Crippen molar-refractivity contribution in [2.45, 2.75) is 13.3 Å². The van der Waals surface area contributed by atoms with Crippen molar-refractivity contribution in [2.75, 3.05) is 11.9 Å². The summed E-state index contributed by atoms with van der Waals surface area (Å²) in [5, 5.41) is 15.4. The Labute approximate surface area is 117 Å². The number of benzene rings is 1. The highest BCUT2D eigenvalue weighted by Crippen LogP contribution is 2.26. The van der Waals surface area contributed by atoms with E-state index >= 15 is 0 Å². The average Bonchev–Trinajstić information content (AvgIpc) is 2.81. The van der Waals surface area contributed by atoms with Crippen LogP contribution in [-0.2, 0) is 6.42 Å². The minimum atomic E-state index is -0.483. The molecule has 0 spiro atoms. The highest BCUT2D eigenvalue weighted by molar-refractivity contribution is 9.10. The largest absolute Gasteiger partial charge is 0.382 e. The maximum Gasteiger partial charge on any atom is 0.223 e. The van der Waals surface area contributed by atoms with E-state index in [1.165, 1.54) is 6.07 Å². The Bertz CT molecular complexity index is 635. The van der Waals surface area contributed by atoms with E-state index in [0.29, 0.717) is 30.4 Å². The van der Waals surface area contributed by atoms with Gasteiger partial charge in [-0.25, -0.2) is 4.39 Å². The molecule has 0 amide bonds. The Hall–Kier alpha value is -1.94. The van der Waals surface area contributed by atoms with Crippen LogP contribution in [0, 0.1) is 24.1 Å². The van der Waals surface area contributed by atoms with E-state index in [1.807, 2.05) is 6.07 Å². The summed E-state index contributed by atoms with van der Waals surface area (Å²) in [6, 6.07) is 4.98. The van der Waals surface area contributed by atoms with Crippen LogP contribution in [0.1, 0.15) is 17.3 Å². The van der Waals surface area contributed by atoms with Crippen LogP contribution >= 0.6 is 15.9 Å². The molecule has 98 valence electrons. The third-order valence-corrected chi connectivity index (χ3v) is 3.21. The van der Waals surface area contributed by atoms with Crippen molar-refractivity contribution in [1.29, 1.82) is 5.26 Å². The van der Waals surface area contributed by atoms with Gasteiger partial charge in [-0.2, -0.15) is 10.2 Å². The zero-order valence-electron chi connectivity index (χ0n) is 10.1. The number of halogens is 2. The molecule has 0 aliphatic rings. The lowest BCUT2D eigenvalue weighted by Crippen LogP contribution is -2.08. The van der Waals surface area contributed by atoms with E-state index in [4.69, 9.17) is 9.78 Å². The lowest BCUT2D eigenvalue weighted by Gasteiger charge is -2.08. The van der Waals surface area contributed by atoms with Crippen molar-refractivity contribution >= 4 is 21.6 Å². The molecule has 0 atom stereocenters. The van der Waals surface area contributed by atoms with Crippen molar-refractivity contribution < 1.29 is 8.91 Å². The van der Waals surface area contributed by atoms with Crippen LogP contribution in [0.15, 0.2) is 21.1 Å². The summed E-state index contributed by atoms with van der Waals surface area (Å²) in [5.74, 6) is 0.587. The van der Waals surface area contributed by atoms with Gasteiger partial charge in [0.05, 0.1) is 15.7 Å². The molecule has 0 radical (unpaired) electrons. The second-order valence-electron chi connectivity index (χ2n) is 3.81. The van der Waals surface area contributed by atoms with Crippen LogP contribution in [0.5, 0.6) is 0 Å². The quantitative estimate of drug-likeness (QED) is 0.935. The fourth-order valence-corrected chi connectivity index (χ4v) is 1.96. The van der Waals surface area contributed by atoms with Gasteiger partial charge >= 0.3 is 0 Å². The number of nitrogens with zero attached hydrogens (tertiary/aromatic N) is 3. The summed E-state index contributed by atoms with van der Waals surface area (Å²) in [6.45, 7) is 2.18. The van der Waals surface area contributed by atoms with Gasteiger partial charge in [0.15, 0.2) is 11.6 Å². The van der Waals surface area contributed by atoms with Crippen LogP contribution in [0.2, 0.25) is 0 Å². The molecule has 0 unspecified atom stereocenters. The minimum Gasteiger partial charge on any atom is -0.382 e. The molecular formula is C12H10BrFN4O. The van der Waals surface area contributed by atoms with Crippen molar-refractivity contribution in [1.82, 2.24) is 10.1 Å². The molecule has 0 aliphatic carbocycles. The maximum absolute atomic E-state index is 13.9. The number of aromatic nitrogens is 2. The van der Waals surface area contributed by atoms with Crippen LogP contribution in [0.3, 0.4) is 0 Å². The van der Waals surface area contributed by atoms with E-state index in [2.05, 4.69) is 31.4 Å². The van der Waals surface area contributed by atoms with Crippen LogP contribution in [0.25, 0.3) is 0 Å². The molecule has 1 aromatic heterocycles. The van der Waals surface area contributed by atoms with Gasteiger partial charge in [-0.05, 0) is 28.1 Å². The number of hydrogen-bond donors (Lipinski definition) is 1. The molecule has 0 saturated heterocycles. The monoisotopic (exact) mass is 324 g/mol. The van der Waals surface area contributed by atoms with E-state index < -0.39 is 5.82 Å². The van der Waals surface area contributed by atoms with Crippen LogP contribution < -0.4 is 5.32 Å². The molecule has 0 fully saturated rings. The van der Waals surface area contributed by atoms with E-state index in [1.54, 1.807) is 13.0 Å². The number of hydrogen-bond acceptors (Lipinski definition) is 5. The first kappa shape index (κ1) is 13.5. The first-order chi connectivity index (χ1) is 9.11. The highest BCUT2D eigenvalue weighted by atomic mass is 79.9. The first-order valence-corrected chi connectivity index (χ1v) is 6.32. The second-order valence-corrected chi connectivity index (χ2v) is 4.60. The van der Waals surface area contributed by atoms with Gasteiger partial charge in [-0.1, -0.05) is 5.16 Å². The number of rotatable bonds is 4. The first-order valence-electron chi connectivity index (χ1n) is 5.53. The summed E-state index contributed by atoms with van der Waals surface area (Å²) in [5.41, 5.74) is 0.586. The molecule has 19 heavy (non-hydrogen) atoms. The second kappa shape index (κ2) is 5.80. The van der Waals surface area contributed by atoms with Crippen molar-refractivity contribution in [2.24, 2.45) is 0 Å². The third-order valence-electron chi connectivity index (χ3n) is 2.44. The molecule has 1 aromatic carbocycles. The summed E-state index contributed by atoms with van der Waals surface area (Å²) >= 11 is 3.05. The Kier molecular flexibility index (Phi) is 4.12. The number of nitrogens with one attached hydrogen (secondary N) is 1. The van der Waals surface area contributed by atoms with Gasteiger partial charge in [0, 0.05) is 19.9 Å². The Morgan fingerprint density at radius 3 is 2.95 bits per heavy atom. The van der Waals surface area contributed by atoms with E-state index in [9.17, 15) is 4.39 Å². The summed E-state index contributed by atoms with van der Waals surface area (Å²) in [7, 11) is 0. The molecule has 1 N–H and O–H groups in total. The van der Waals surface area contributed by atoms with Gasteiger partial charge in [0.1, 0.15) is 6.07 Å². The molecule has 2 aromatic rings. The van der Waals surface area contributed by atoms with E-state index in [-0.39, 0.29) is 10.0 Å². The third kappa shape index (κ3) is 3.09. The maximum atomic E-state index is 13.9. The van der Waals surface area contributed by atoms with Gasteiger partial charge in [-0.3, -0.25) is 0 Å². The molecule has 1 heterocycles. The van der Waals surface area contributed by atoms with Gasteiger partial charge in [-0.15, -0.1) is 0 Å². The fraction of sp³-hybridized carbons (Fsp3) is 0.250. The van der Waals surface area contributed by atoms with E-state index in [0.717, 1.165) is 0 Å². The van der Waals surface area contributed by atoms with Gasteiger partial charge < -0.3 is 9.84 Å². The molecular weight excluding hydrogens is 315 g/mol. The average molecular weight is 325 g/mol. The molecule has 0 saturated carbocycles. The molecule has 7 heteroatoms. The predicted octanol–water partition coefficient (Wildman–Crippen LogP) is 2.81. The molecule has 2 rings (SSSR count). The highest BCUT2D eigenvalue weighted by Gasteiger charge is 2.11. The molecule has 0 aliphatic heterocycles. The Balaban J connectivity index is 2.00. The summed E-state index contributed by atoms with van der Waals surface area (Å²) in [6.07, 6.45) is 0.522. The standard InChI is InChI=1S/C12H10BrFN4O/c1-7-17-10(18-19-7)4-5-16-9-3-2-8(6-15)11(13)12(9)14/h2-3,16H,4-5H2,1H3. The fourth-order valence-electron chi connectivity index (χ4n) is 1.52. The van der Waals surface area contributed by atoms with Crippen LogP contribution in [-0.4, -0.2) is 16.7 Å². The van der Waals surface area contributed by atoms with Gasteiger partial charge in [0.2, 0.25) is 5.89 Å². The summed E-state index contributed by atoms with van der Waals surface area (Å²) in [4.78, 5) is 4.05. The zero-order valence-corrected chi connectivity index (χ0v) is 11.7. The minimum absolute atomic E-state index is 0.162. The number of nitriles is 1. The normalized spacial score (nSPS) is 10.2. The number of anilines is 1. The van der Waals surface area contributed by atoms with Crippen molar-refractivity contribution in [3.8, 4) is 6.07 Å². The summed E-state index contributed by atoms with van der Waals surface area (Å²) < 4.78 is 18.9. The topological polar surface area (TPSA) is 74.7 Å². The van der Waals surface area contributed by atoms with Crippen LogP contribution in [0.4, 0.5) is 10.1 Å². The van der Waals surface area contributed by atoms with Crippen molar-refractivity contribution in [3.05, 3.63) is 39.7 Å². The Morgan fingerprint density at radius 2 is 2.32 bits per heavy atom. The Morgan fingerprint density at radius 1 is 1.53 bits per heavy atom. The predicted molar refractivity (Wildman–Crippen MR) is 70.0 cm³/mol. The number of aryl methyl sites for hydroxylation is 1.